The van der Waals surface area contributed by atoms with Gasteiger partial charge in [0.25, 0.3) is 5.56 Å². The lowest BCUT2D eigenvalue weighted by Crippen LogP contribution is -2.36. The molecule has 0 amide bonds. The van der Waals surface area contributed by atoms with Crippen molar-refractivity contribution in [3.05, 3.63) is 57.0 Å². The van der Waals surface area contributed by atoms with E-state index < -0.39 is 5.69 Å². The first-order valence-corrected chi connectivity index (χ1v) is 6.51. The second-order valence-electron chi connectivity index (χ2n) is 4.94. The molecule has 0 aliphatic heterocycles. The van der Waals surface area contributed by atoms with E-state index in [1.807, 2.05) is 19.1 Å². The summed E-state index contributed by atoms with van der Waals surface area (Å²) in [6, 6.07) is 4.93. The summed E-state index contributed by atoms with van der Waals surface area (Å²) in [5.74, 6) is 0.410. The fraction of sp³-hybridized carbons (Fsp3) is 0.357. The molecule has 2 N–H and O–H groups in total. The zero-order valence-corrected chi connectivity index (χ0v) is 11.8. The van der Waals surface area contributed by atoms with Crippen molar-refractivity contribution < 1.29 is 0 Å². The van der Waals surface area contributed by atoms with E-state index in [9.17, 15) is 9.59 Å². The van der Waals surface area contributed by atoms with Gasteiger partial charge in [-0.3, -0.25) is 19.3 Å². The molecule has 6 heteroatoms. The predicted octanol–water partition coefficient (Wildman–Crippen LogP) is 1.69. The number of pyridine rings is 1. The Kier molecular flexibility index (Phi) is 4.02. The van der Waals surface area contributed by atoms with Crippen LogP contribution < -0.4 is 16.6 Å². The van der Waals surface area contributed by atoms with E-state index in [2.05, 4.69) is 15.3 Å². The van der Waals surface area contributed by atoms with E-state index in [0.717, 1.165) is 5.56 Å². The zero-order valence-electron chi connectivity index (χ0n) is 11.8. The van der Waals surface area contributed by atoms with Crippen LogP contribution in [0, 0.1) is 0 Å². The molecule has 6 nitrogen and oxygen atoms in total. The Morgan fingerprint density at radius 3 is 2.60 bits per heavy atom. The van der Waals surface area contributed by atoms with Crippen LogP contribution in [0.4, 0.5) is 5.82 Å². The van der Waals surface area contributed by atoms with Crippen molar-refractivity contribution in [2.75, 3.05) is 5.32 Å². The third-order valence-corrected chi connectivity index (χ3v) is 3.04. The minimum Gasteiger partial charge on any atom is -0.365 e. The maximum Gasteiger partial charge on any atom is 0.330 e. The summed E-state index contributed by atoms with van der Waals surface area (Å²) >= 11 is 0. The zero-order chi connectivity index (χ0) is 14.7. The van der Waals surface area contributed by atoms with E-state index in [1.54, 1.807) is 26.2 Å². The highest BCUT2D eigenvalue weighted by molar-refractivity contribution is 5.36. The number of H-pyrrole nitrogens is 1. The molecule has 0 saturated heterocycles. The van der Waals surface area contributed by atoms with Crippen LogP contribution in [0.25, 0.3) is 0 Å². The summed E-state index contributed by atoms with van der Waals surface area (Å²) in [7, 11) is 0. The maximum absolute atomic E-state index is 11.9. The topological polar surface area (TPSA) is 79.8 Å². The molecule has 1 unspecified atom stereocenters. The Labute approximate surface area is 116 Å². The number of hydrogen-bond donors (Lipinski definition) is 2. The van der Waals surface area contributed by atoms with Gasteiger partial charge in [0.1, 0.15) is 5.82 Å². The normalized spacial score (nSPS) is 12.4. The van der Waals surface area contributed by atoms with Crippen LogP contribution in [0.1, 0.15) is 38.4 Å². The van der Waals surface area contributed by atoms with Gasteiger partial charge in [-0.25, -0.2) is 4.79 Å². The van der Waals surface area contributed by atoms with Gasteiger partial charge in [-0.05, 0) is 32.4 Å². The number of aromatic amines is 1. The highest BCUT2D eigenvalue weighted by Gasteiger charge is 2.10. The molecule has 106 valence electrons. The lowest BCUT2D eigenvalue weighted by Gasteiger charge is -2.16. The molecule has 2 aromatic rings. The average Bonchev–Trinajstić information content (AvgIpc) is 2.38. The van der Waals surface area contributed by atoms with Crippen LogP contribution in [0.3, 0.4) is 0 Å². The van der Waals surface area contributed by atoms with Crippen LogP contribution >= 0.6 is 0 Å². The van der Waals surface area contributed by atoms with Gasteiger partial charge in [0, 0.05) is 24.5 Å². The molecule has 0 spiro atoms. The lowest BCUT2D eigenvalue weighted by atomic mass is 10.1. The van der Waals surface area contributed by atoms with Crippen LogP contribution in [-0.2, 0) is 0 Å². The molecule has 1 atom stereocenters. The summed E-state index contributed by atoms with van der Waals surface area (Å²) < 4.78 is 1.18. The number of anilines is 1. The van der Waals surface area contributed by atoms with Crippen molar-refractivity contribution in [3.8, 4) is 0 Å². The third-order valence-electron chi connectivity index (χ3n) is 3.04. The number of aromatic nitrogens is 3. The highest BCUT2D eigenvalue weighted by atomic mass is 16.2. The molecular weight excluding hydrogens is 256 g/mol. The van der Waals surface area contributed by atoms with Crippen LogP contribution in [0.15, 0.2) is 40.2 Å². The van der Waals surface area contributed by atoms with Crippen molar-refractivity contribution in [3.63, 3.8) is 0 Å². The van der Waals surface area contributed by atoms with Crippen molar-refractivity contribution >= 4 is 5.82 Å². The van der Waals surface area contributed by atoms with Gasteiger partial charge in [0.05, 0.1) is 6.04 Å². The number of rotatable bonds is 4. The first kappa shape index (κ1) is 14.0. The lowest BCUT2D eigenvalue weighted by molar-refractivity contribution is 0.546. The average molecular weight is 274 g/mol. The van der Waals surface area contributed by atoms with Crippen molar-refractivity contribution in [2.24, 2.45) is 0 Å². The summed E-state index contributed by atoms with van der Waals surface area (Å²) in [6.07, 6.45) is 3.44. The fourth-order valence-corrected chi connectivity index (χ4v) is 2.02. The molecule has 0 fully saturated rings. The van der Waals surface area contributed by atoms with Crippen molar-refractivity contribution in [1.29, 1.82) is 0 Å². The molecule has 0 aliphatic rings. The minimum atomic E-state index is -0.409. The maximum atomic E-state index is 11.9. The van der Waals surface area contributed by atoms with Gasteiger partial charge in [-0.15, -0.1) is 0 Å². The molecule has 0 aromatic carbocycles. The predicted molar refractivity (Wildman–Crippen MR) is 78.0 cm³/mol. The summed E-state index contributed by atoms with van der Waals surface area (Å²) in [5.41, 5.74) is 0.249. The Hall–Kier alpha value is -2.37. The van der Waals surface area contributed by atoms with E-state index in [4.69, 9.17) is 0 Å². The Morgan fingerprint density at radius 1 is 1.30 bits per heavy atom. The molecule has 0 aliphatic carbocycles. The number of hydrogen-bond acceptors (Lipinski definition) is 4. The molecule has 0 saturated carbocycles. The molecule has 20 heavy (non-hydrogen) atoms. The molecule has 0 radical (unpaired) electrons. The molecule has 2 rings (SSSR count). The molecule has 2 aromatic heterocycles. The summed E-state index contributed by atoms with van der Waals surface area (Å²) in [5, 5.41) is 3.10. The van der Waals surface area contributed by atoms with Crippen molar-refractivity contribution in [1.82, 2.24) is 14.5 Å². The Morgan fingerprint density at radius 2 is 2.05 bits per heavy atom. The Balaban J connectivity index is 2.28. The highest BCUT2D eigenvalue weighted by Crippen LogP contribution is 2.14. The monoisotopic (exact) mass is 274 g/mol. The third kappa shape index (κ3) is 2.96. The standard InChI is InChI=1S/C14H18N4O2/c1-9(2)18-13(19)7-12(17-14(18)20)16-10(3)11-5-4-6-15-8-11/h4-10,16H,1-3H3,(H,17,20). The second-order valence-corrected chi connectivity index (χ2v) is 4.94. The van der Waals surface area contributed by atoms with E-state index in [0.29, 0.717) is 5.82 Å². The molecule has 0 bridgehead atoms. The summed E-state index contributed by atoms with van der Waals surface area (Å²) in [6.45, 7) is 5.52. The van der Waals surface area contributed by atoms with Gasteiger partial charge in [-0.2, -0.15) is 0 Å². The number of nitrogens with one attached hydrogen (secondary N) is 2. The van der Waals surface area contributed by atoms with Crippen LogP contribution in [-0.4, -0.2) is 14.5 Å². The quantitative estimate of drug-likeness (QED) is 0.889. The first-order valence-electron chi connectivity index (χ1n) is 6.51. The smallest absolute Gasteiger partial charge is 0.330 e. The first-order chi connectivity index (χ1) is 9.49. The van der Waals surface area contributed by atoms with Gasteiger partial charge in [-0.1, -0.05) is 6.07 Å². The van der Waals surface area contributed by atoms with Gasteiger partial charge < -0.3 is 5.32 Å². The van der Waals surface area contributed by atoms with E-state index in [1.165, 1.54) is 10.6 Å². The van der Waals surface area contributed by atoms with Crippen molar-refractivity contribution in [2.45, 2.75) is 32.9 Å². The van der Waals surface area contributed by atoms with Crippen LogP contribution in [0.2, 0.25) is 0 Å². The minimum absolute atomic E-state index is 0.0614. The van der Waals surface area contributed by atoms with Gasteiger partial charge in [0.2, 0.25) is 0 Å². The van der Waals surface area contributed by atoms with E-state index in [-0.39, 0.29) is 17.6 Å². The van der Waals surface area contributed by atoms with Gasteiger partial charge >= 0.3 is 5.69 Å². The SMILES string of the molecule is CC(Nc1cc(=O)n(C(C)C)c(=O)[nH]1)c1cccnc1. The molecular formula is C14H18N4O2. The number of nitrogens with zero attached hydrogens (tertiary/aromatic N) is 2. The van der Waals surface area contributed by atoms with Crippen LogP contribution in [0.5, 0.6) is 0 Å². The van der Waals surface area contributed by atoms with Gasteiger partial charge in [0.15, 0.2) is 0 Å². The largest absolute Gasteiger partial charge is 0.365 e. The van der Waals surface area contributed by atoms with E-state index >= 15 is 0 Å². The molecule has 2 heterocycles. The Bertz CT molecular complexity index is 657. The fourth-order valence-electron chi connectivity index (χ4n) is 2.02. The summed E-state index contributed by atoms with van der Waals surface area (Å²) in [4.78, 5) is 30.5. The second kappa shape index (κ2) is 5.73.